The molecule has 1 aromatic rings. The molecule has 5 rings (SSSR count). The largest absolute Gasteiger partial charge is 0.362 e. The van der Waals surface area contributed by atoms with Crippen LogP contribution in [0.3, 0.4) is 0 Å². The van der Waals surface area contributed by atoms with Crippen LogP contribution in [0.2, 0.25) is 0 Å². The van der Waals surface area contributed by atoms with Gasteiger partial charge in [0.25, 0.3) is 5.91 Å². The number of carbonyl (C=O) groups excluding carboxylic acids is 2. The van der Waals surface area contributed by atoms with Gasteiger partial charge in [0.05, 0.1) is 5.56 Å². The van der Waals surface area contributed by atoms with E-state index in [2.05, 4.69) is 27.8 Å². The maximum absolute atomic E-state index is 12.9. The number of rotatable bonds is 4. The quantitative estimate of drug-likeness (QED) is 0.758. The van der Waals surface area contributed by atoms with Gasteiger partial charge in [-0.05, 0) is 57.3 Å². The minimum Gasteiger partial charge on any atom is -0.362 e. The number of para-hydroxylation sites is 1. The zero-order valence-corrected chi connectivity index (χ0v) is 16.5. The molecule has 3 aliphatic carbocycles. The summed E-state index contributed by atoms with van der Waals surface area (Å²) in [7, 11) is 4.02. The van der Waals surface area contributed by atoms with E-state index in [0.29, 0.717) is 12.1 Å². The van der Waals surface area contributed by atoms with Crippen molar-refractivity contribution in [2.45, 2.75) is 38.3 Å². The molecule has 3 N–H and O–H groups in total. The molecule has 27 heavy (non-hydrogen) atoms. The Morgan fingerprint density at radius 1 is 1.30 bits per heavy atom. The van der Waals surface area contributed by atoms with E-state index < -0.39 is 5.66 Å². The van der Waals surface area contributed by atoms with Crippen LogP contribution >= 0.6 is 0 Å². The minimum atomic E-state index is -0.432. The molecule has 4 atom stereocenters. The summed E-state index contributed by atoms with van der Waals surface area (Å²) in [6.07, 6.45) is 3.67. The van der Waals surface area contributed by atoms with Crippen LogP contribution in [0.25, 0.3) is 0 Å². The normalized spacial score (nSPS) is 34.1. The first kappa shape index (κ1) is 18.3. The Kier molecular flexibility index (Phi) is 4.41. The van der Waals surface area contributed by atoms with E-state index in [-0.39, 0.29) is 29.1 Å². The smallest absolute Gasteiger partial charge is 0.255 e. The molecule has 0 aromatic heterocycles. The van der Waals surface area contributed by atoms with E-state index in [9.17, 15) is 9.59 Å². The van der Waals surface area contributed by atoms with Crippen molar-refractivity contribution in [2.24, 2.45) is 17.3 Å². The van der Waals surface area contributed by atoms with Gasteiger partial charge in [-0.25, -0.2) is 0 Å². The number of hydrogen-bond acceptors (Lipinski definition) is 4. The van der Waals surface area contributed by atoms with Crippen LogP contribution in [0, 0.1) is 17.3 Å². The zero-order chi connectivity index (χ0) is 19.2. The Morgan fingerprint density at radius 2 is 2.07 bits per heavy atom. The van der Waals surface area contributed by atoms with Crippen molar-refractivity contribution in [2.75, 3.05) is 32.5 Å². The lowest BCUT2D eigenvalue weighted by molar-refractivity contribution is -0.139. The molecule has 4 aliphatic rings. The number of nitrogens with zero attached hydrogens (tertiary/aromatic N) is 1. The topological polar surface area (TPSA) is 73.5 Å². The van der Waals surface area contributed by atoms with Gasteiger partial charge in [-0.15, -0.1) is 0 Å². The van der Waals surface area contributed by atoms with E-state index in [1.165, 1.54) is 0 Å². The van der Waals surface area contributed by atoms with Crippen LogP contribution in [0.4, 0.5) is 5.69 Å². The monoisotopic (exact) mass is 370 g/mol. The lowest BCUT2D eigenvalue weighted by atomic mass is 9.51. The van der Waals surface area contributed by atoms with Crippen molar-refractivity contribution in [3.63, 3.8) is 0 Å². The van der Waals surface area contributed by atoms with Gasteiger partial charge < -0.3 is 20.9 Å². The molecule has 3 saturated carbocycles. The summed E-state index contributed by atoms with van der Waals surface area (Å²) in [6, 6.07) is 7.68. The molecule has 1 aliphatic heterocycles. The summed E-state index contributed by atoms with van der Waals surface area (Å²) < 4.78 is 0. The Hall–Kier alpha value is -2.08. The fourth-order valence-electron chi connectivity index (χ4n) is 5.38. The highest BCUT2D eigenvalue weighted by Crippen LogP contribution is 2.58. The molecule has 6 heteroatoms. The summed E-state index contributed by atoms with van der Waals surface area (Å²) in [6.45, 7) is 3.74. The Bertz CT molecular complexity index is 764. The highest BCUT2D eigenvalue weighted by Gasteiger charge is 2.60. The maximum atomic E-state index is 12.9. The predicted octanol–water partition coefficient (Wildman–Crippen LogP) is 2.04. The van der Waals surface area contributed by atoms with E-state index in [1.807, 2.05) is 38.4 Å². The second-order valence-electron chi connectivity index (χ2n) is 9.05. The second-order valence-corrected chi connectivity index (χ2v) is 9.05. The maximum Gasteiger partial charge on any atom is 0.255 e. The average molecular weight is 370 g/mol. The molecule has 2 amide bonds. The number of anilines is 1. The Labute approximate surface area is 161 Å². The number of amides is 2. The van der Waals surface area contributed by atoms with Gasteiger partial charge in [0.15, 0.2) is 0 Å². The third kappa shape index (κ3) is 3.10. The van der Waals surface area contributed by atoms with Crippen molar-refractivity contribution < 1.29 is 9.59 Å². The summed E-state index contributed by atoms with van der Waals surface area (Å²) in [5, 5.41) is 10.0. The third-order valence-corrected chi connectivity index (χ3v) is 6.85. The first-order valence-electron chi connectivity index (χ1n) is 9.95. The van der Waals surface area contributed by atoms with Crippen LogP contribution in [0.1, 0.15) is 43.0 Å². The van der Waals surface area contributed by atoms with E-state index in [4.69, 9.17) is 0 Å². The minimum absolute atomic E-state index is 0.00696. The van der Waals surface area contributed by atoms with Crippen LogP contribution in [-0.2, 0) is 4.79 Å². The van der Waals surface area contributed by atoms with Gasteiger partial charge >= 0.3 is 0 Å². The van der Waals surface area contributed by atoms with Gasteiger partial charge in [-0.1, -0.05) is 19.1 Å². The first-order valence-corrected chi connectivity index (χ1v) is 9.95. The molecule has 6 nitrogen and oxygen atoms in total. The van der Waals surface area contributed by atoms with E-state index >= 15 is 0 Å². The number of carbonyl (C=O) groups is 2. The predicted molar refractivity (Wildman–Crippen MR) is 105 cm³/mol. The van der Waals surface area contributed by atoms with Gasteiger partial charge in [-0.3, -0.25) is 9.59 Å². The van der Waals surface area contributed by atoms with Crippen molar-refractivity contribution in [3.05, 3.63) is 29.8 Å². The Morgan fingerprint density at radius 3 is 2.81 bits per heavy atom. The number of nitrogens with one attached hydrogen (secondary N) is 3. The van der Waals surface area contributed by atoms with Gasteiger partial charge in [0.1, 0.15) is 5.66 Å². The summed E-state index contributed by atoms with van der Waals surface area (Å²) in [5.74, 6) is 0.440. The van der Waals surface area contributed by atoms with E-state index in [1.54, 1.807) is 0 Å². The highest BCUT2D eigenvalue weighted by atomic mass is 16.2. The SMILES string of the molecule is CN(C)CCNC(=O)[C@H]1C[C@H]2CC[C@]1(C)C[C@]21NC(=O)c2ccccc2N1. The Balaban J connectivity index is 1.53. The number of benzene rings is 1. The highest BCUT2D eigenvalue weighted by molar-refractivity contribution is 6.02. The van der Waals surface area contributed by atoms with Crippen molar-refractivity contribution in [1.29, 1.82) is 0 Å². The zero-order valence-electron chi connectivity index (χ0n) is 16.5. The fourth-order valence-corrected chi connectivity index (χ4v) is 5.38. The van der Waals surface area contributed by atoms with Gasteiger partial charge in [0, 0.05) is 30.6 Å². The summed E-state index contributed by atoms with van der Waals surface area (Å²) in [5.41, 5.74) is 1.07. The molecule has 0 radical (unpaired) electrons. The molecule has 3 fully saturated rings. The van der Waals surface area contributed by atoms with Crippen LogP contribution in [0.5, 0.6) is 0 Å². The van der Waals surface area contributed by atoms with Crippen molar-refractivity contribution >= 4 is 17.5 Å². The summed E-state index contributed by atoms with van der Waals surface area (Å²) in [4.78, 5) is 27.7. The number of fused-ring (bicyclic) bond motifs is 3. The van der Waals surface area contributed by atoms with Crippen molar-refractivity contribution in [1.82, 2.24) is 15.5 Å². The molecule has 1 aromatic carbocycles. The molecule has 2 bridgehead atoms. The van der Waals surface area contributed by atoms with Crippen LogP contribution in [-0.4, -0.2) is 49.6 Å². The van der Waals surface area contributed by atoms with E-state index in [0.717, 1.165) is 37.9 Å². The van der Waals surface area contributed by atoms with Gasteiger partial charge in [0.2, 0.25) is 5.91 Å². The number of hydrogen-bond donors (Lipinski definition) is 3. The molecule has 0 saturated heterocycles. The molecular weight excluding hydrogens is 340 g/mol. The standard InChI is InChI=1S/C21H30N4O2/c1-20-9-8-14(12-16(20)19(27)22-10-11-25(2)3)21(13-20)23-17-7-5-4-6-15(17)18(26)24-21/h4-7,14,16,23H,8-13H2,1-3H3,(H,22,27)(H,24,26)/t14-,16-,20-,21+/m1/s1. The molecule has 1 heterocycles. The number of likely N-dealkylation sites (N-methyl/N-ethyl adjacent to an activating group) is 1. The fraction of sp³-hybridized carbons (Fsp3) is 0.619. The van der Waals surface area contributed by atoms with Gasteiger partial charge in [-0.2, -0.15) is 0 Å². The van der Waals surface area contributed by atoms with Crippen LogP contribution < -0.4 is 16.0 Å². The molecular formula is C21H30N4O2. The third-order valence-electron chi connectivity index (χ3n) is 6.85. The average Bonchev–Trinajstić information content (AvgIpc) is 2.60. The molecule has 146 valence electrons. The summed E-state index contributed by atoms with van der Waals surface area (Å²) >= 11 is 0. The second kappa shape index (κ2) is 6.51. The van der Waals surface area contributed by atoms with Crippen LogP contribution in [0.15, 0.2) is 24.3 Å². The first-order chi connectivity index (χ1) is 12.8. The lowest BCUT2D eigenvalue weighted by Gasteiger charge is -2.60. The van der Waals surface area contributed by atoms with Crippen molar-refractivity contribution in [3.8, 4) is 0 Å². The molecule has 1 spiro atoms. The lowest BCUT2D eigenvalue weighted by Crippen LogP contribution is -2.70. The molecule has 0 unspecified atom stereocenters.